The molecule has 0 radical (unpaired) electrons. The minimum absolute atomic E-state index is 0.0788. The highest BCUT2D eigenvalue weighted by Crippen LogP contribution is 2.37. The second-order valence-electron chi connectivity index (χ2n) is 5.36. The molecule has 1 fully saturated rings. The smallest absolute Gasteiger partial charge is 0.327 e. The van der Waals surface area contributed by atoms with E-state index in [1.54, 1.807) is 6.92 Å². The van der Waals surface area contributed by atoms with Crippen LogP contribution in [-0.4, -0.2) is 32.2 Å². The number of thiocarbonyl (C=S) groups is 1. The number of benzene rings is 1. The van der Waals surface area contributed by atoms with Gasteiger partial charge in [-0.05, 0) is 24.1 Å². The van der Waals surface area contributed by atoms with Gasteiger partial charge in [0.05, 0.1) is 9.93 Å². The SMILES string of the molecule is CC[C@@H](C)[C@H](C(=O)O)N1C(=O)/C(=C/c2c(F)cccc2Cl)SC1=S. The lowest BCUT2D eigenvalue weighted by Gasteiger charge is -2.27. The summed E-state index contributed by atoms with van der Waals surface area (Å²) in [6.07, 6.45) is 1.89. The Morgan fingerprint density at radius 2 is 2.21 bits per heavy atom. The highest BCUT2D eigenvalue weighted by atomic mass is 35.5. The molecule has 0 bridgehead atoms. The lowest BCUT2D eigenvalue weighted by atomic mass is 9.98. The molecule has 2 atom stereocenters. The Morgan fingerprint density at radius 1 is 1.54 bits per heavy atom. The molecule has 1 N–H and O–H groups in total. The number of carboxylic acid groups (broad SMARTS) is 1. The average molecular weight is 388 g/mol. The zero-order valence-corrected chi connectivity index (χ0v) is 15.3. The van der Waals surface area contributed by atoms with E-state index in [1.165, 1.54) is 24.3 Å². The molecule has 0 aromatic heterocycles. The zero-order chi connectivity index (χ0) is 18.0. The number of aliphatic carboxylic acids is 1. The standard InChI is InChI=1S/C16H15ClFNO3S2/c1-3-8(2)13(15(21)22)19-14(20)12(24-16(19)23)7-9-10(17)5-4-6-11(9)18/h4-8,13H,3H2,1-2H3,(H,21,22)/b12-7-/t8-,13-/m1/s1. The molecule has 1 saturated heterocycles. The van der Waals surface area contributed by atoms with Gasteiger partial charge in [-0.1, -0.05) is 61.9 Å². The molecule has 1 aliphatic heterocycles. The van der Waals surface area contributed by atoms with Crippen molar-refractivity contribution >= 4 is 57.9 Å². The fraction of sp³-hybridized carbons (Fsp3) is 0.312. The van der Waals surface area contributed by atoms with Crippen molar-refractivity contribution in [3.8, 4) is 0 Å². The van der Waals surface area contributed by atoms with Crippen LogP contribution in [0.4, 0.5) is 4.39 Å². The number of carboxylic acids is 1. The summed E-state index contributed by atoms with van der Waals surface area (Å²) in [6, 6.07) is 3.15. The number of hydrogen-bond donors (Lipinski definition) is 1. The Kier molecular flexibility index (Phi) is 6.01. The maximum absolute atomic E-state index is 13.9. The fourth-order valence-corrected chi connectivity index (χ4v) is 3.86. The van der Waals surface area contributed by atoms with Crippen molar-refractivity contribution < 1.29 is 19.1 Å². The molecule has 0 saturated carbocycles. The molecule has 8 heteroatoms. The Labute approximate surface area is 153 Å². The first kappa shape index (κ1) is 18.9. The van der Waals surface area contributed by atoms with Crippen LogP contribution >= 0.6 is 35.6 Å². The molecule has 1 aliphatic rings. The van der Waals surface area contributed by atoms with E-state index in [0.29, 0.717) is 6.42 Å². The van der Waals surface area contributed by atoms with Crippen molar-refractivity contribution in [2.24, 2.45) is 5.92 Å². The number of hydrogen-bond acceptors (Lipinski definition) is 4. The van der Waals surface area contributed by atoms with Crippen molar-refractivity contribution in [1.29, 1.82) is 0 Å². The van der Waals surface area contributed by atoms with Crippen LogP contribution < -0.4 is 0 Å². The molecule has 2 rings (SSSR count). The van der Waals surface area contributed by atoms with Gasteiger partial charge < -0.3 is 5.11 Å². The average Bonchev–Trinajstić information content (AvgIpc) is 2.78. The third kappa shape index (κ3) is 3.63. The summed E-state index contributed by atoms with van der Waals surface area (Å²) >= 11 is 12.1. The molecule has 0 spiro atoms. The van der Waals surface area contributed by atoms with Crippen molar-refractivity contribution in [2.75, 3.05) is 0 Å². The van der Waals surface area contributed by atoms with Crippen molar-refractivity contribution in [3.05, 3.63) is 39.5 Å². The molecular formula is C16H15ClFNO3S2. The van der Waals surface area contributed by atoms with Gasteiger partial charge in [-0.2, -0.15) is 0 Å². The Hall–Kier alpha value is -1.44. The van der Waals surface area contributed by atoms with Gasteiger partial charge in [0, 0.05) is 5.56 Å². The predicted octanol–water partition coefficient (Wildman–Crippen LogP) is 4.18. The van der Waals surface area contributed by atoms with Gasteiger partial charge in [-0.3, -0.25) is 9.69 Å². The van der Waals surface area contributed by atoms with Crippen LogP contribution in [0.3, 0.4) is 0 Å². The molecular weight excluding hydrogens is 373 g/mol. The highest BCUT2D eigenvalue weighted by molar-refractivity contribution is 8.26. The summed E-state index contributed by atoms with van der Waals surface area (Å²) in [6.45, 7) is 3.59. The van der Waals surface area contributed by atoms with E-state index in [0.717, 1.165) is 16.7 Å². The molecule has 1 heterocycles. The van der Waals surface area contributed by atoms with E-state index in [2.05, 4.69) is 0 Å². The Morgan fingerprint density at radius 3 is 2.75 bits per heavy atom. The molecule has 1 aromatic carbocycles. The van der Waals surface area contributed by atoms with Crippen LogP contribution in [0.1, 0.15) is 25.8 Å². The summed E-state index contributed by atoms with van der Waals surface area (Å²) < 4.78 is 14.0. The molecule has 1 amide bonds. The number of carbonyl (C=O) groups excluding carboxylic acids is 1. The predicted molar refractivity (Wildman–Crippen MR) is 97.3 cm³/mol. The first-order valence-corrected chi connectivity index (χ1v) is 8.82. The zero-order valence-electron chi connectivity index (χ0n) is 13.0. The number of thioether (sulfide) groups is 1. The third-order valence-electron chi connectivity index (χ3n) is 3.81. The van der Waals surface area contributed by atoms with Crippen LogP contribution in [0.2, 0.25) is 5.02 Å². The Balaban J connectivity index is 2.42. The van der Waals surface area contributed by atoms with Gasteiger partial charge in [0.15, 0.2) is 0 Å². The molecule has 1 aromatic rings. The normalized spacial score (nSPS) is 19.0. The Bertz CT molecular complexity index is 718. The summed E-state index contributed by atoms with van der Waals surface area (Å²) in [5.41, 5.74) is 0.0788. The summed E-state index contributed by atoms with van der Waals surface area (Å²) in [7, 11) is 0. The number of carbonyl (C=O) groups is 2. The second kappa shape index (κ2) is 7.63. The number of rotatable bonds is 5. The largest absolute Gasteiger partial charge is 0.480 e. The maximum Gasteiger partial charge on any atom is 0.327 e. The first-order valence-electron chi connectivity index (χ1n) is 7.21. The minimum atomic E-state index is -1.12. The highest BCUT2D eigenvalue weighted by Gasteiger charge is 2.42. The van der Waals surface area contributed by atoms with Crippen LogP contribution in [0.15, 0.2) is 23.1 Å². The van der Waals surface area contributed by atoms with Crippen molar-refractivity contribution in [3.63, 3.8) is 0 Å². The van der Waals surface area contributed by atoms with E-state index in [1.807, 2.05) is 6.92 Å². The molecule has 0 aliphatic carbocycles. The van der Waals surface area contributed by atoms with E-state index in [9.17, 15) is 19.1 Å². The third-order valence-corrected chi connectivity index (χ3v) is 5.47. The molecule has 4 nitrogen and oxygen atoms in total. The lowest BCUT2D eigenvalue weighted by Crippen LogP contribution is -2.47. The van der Waals surface area contributed by atoms with Crippen LogP contribution in [0.5, 0.6) is 0 Å². The van der Waals surface area contributed by atoms with E-state index in [4.69, 9.17) is 23.8 Å². The fourth-order valence-electron chi connectivity index (χ4n) is 2.33. The molecule has 0 unspecified atom stereocenters. The van der Waals surface area contributed by atoms with Gasteiger partial charge >= 0.3 is 5.97 Å². The van der Waals surface area contributed by atoms with Gasteiger partial charge in [-0.25, -0.2) is 9.18 Å². The van der Waals surface area contributed by atoms with Crippen LogP contribution in [0.25, 0.3) is 6.08 Å². The minimum Gasteiger partial charge on any atom is -0.480 e. The lowest BCUT2D eigenvalue weighted by molar-refractivity contribution is -0.147. The van der Waals surface area contributed by atoms with Crippen molar-refractivity contribution in [1.82, 2.24) is 4.90 Å². The summed E-state index contributed by atoms with van der Waals surface area (Å²) in [5, 5.41) is 9.64. The van der Waals surface area contributed by atoms with Gasteiger partial charge in [0.1, 0.15) is 16.2 Å². The van der Waals surface area contributed by atoms with Crippen molar-refractivity contribution in [2.45, 2.75) is 26.3 Å². The topological polar surface area (TPSA) is 57.6 Å². The van der Waals surface area contributed by atoms with E-state index < -0.39 is 23.7 Å². The molecule has 128 valence electrons. The van der Waals surface area contributed by atoms with E-state index >= 15 is 0 Å². The summed E-state index contributed by atoms with van der Waals surface area (Å²) in [5.74, 6) is -2.51. The number of amides is 1. The van der Waals surface area contributed by atoms with Crippen LogP contribution in [0, 0.1) is 11.7 Å². The van der Waals surface area contributed by atoms with Gasteiger partial charge in [0.2, 0.25) is 0 Å². The summed E-state index contributed by atoms with van der Waals surface area (Å²) in [4.78, 5) is 25.5. The number of nitrogens with zero attached hydrogens (tertiary/aromatic N) is 1. The van der Waals surface area contributed by atoms with Gasteiger partial charge in [-0.15, -0.1) is 0 Å². The first-order chi connectivity index (χ1) is 11.3. The second-order valence-corrected chi connectivity index (χ2v) is 7.44. The van der Waals surface area contributed by atoms with E-state index in [-0.39, 0.29) is 25.7 Å². The molecule has 24 heavy (non-hydrogen) atoms. The number of halogens is 2. The van der Waals surface area contributed by atoms with Crippen LogP contribution in [-0.2, 0) is 9.59 Å². The maximum atomic E-state index is 13.9. The van der Waals surface area contributed by atoms with Gasteiger partial charge in [0.25, 0.3) is 5.91 Å². The quantitative estimate of drug-likeness (QED) is 0.606. The monoisotopic (exact) mass is 387 g/mol.